The molecule has 0 radical (unpaired) electrons. The number of benzene rings is 2. The predicted octanol–water partition coefficient (Wildman–Crippen LogP) is 6.36. The van der Waals surface area contributed by atoms with E-state index in [1.54, 1.807) is 37.4 Å². The number of hydrogen-bond acceptors (Lipinski definition) is 5. The summed E-state index contributed by atoms with van der Waals surface area (Å²) in [5.41, 5.74) is 3.86. The Hall–Kier alpha value is -3.60. The summed E-state index contributed by atoms with van der Waals surface area (Å²) in [6.45, 7) is 2.87. The fourth-order valence-electron chi connectivity index (χ4n) is 5.03. The van der Waals surface area contributed by atoms with Gasteiger partial charge in [-0.2, -0.15) is 0 Å². The lowest BCUT2D eigenvalue weighted by Gasteiger charge is -2.18. The van der Waals surface area contributed by atoms with Crippen molar-refractivity contribution in [1.29, 1.82) is 0 Å². The smallest absolute Gasteiger partial charge is 0.304 e. The van der Waals surface area contributed by atoms with E-state index in [9.17, 15) is 9.90 Å². The van der Waals surface area contributed by atoms with E-state index in [1.165, 1.54) is 6.07 Å². The minimum absolute atomic E-state index is 0.0597. The second-order valence-corrected chi connectivity index (χ2v) is 9.77. The van der Waals surface area contributed by atoms with E-state index in [4.69, 9.17) is 25.8 Å². The fourth-order valence-corrected chi connectivity index (χ4v) is 5.24. The van der Waals surface area contributed by atoms with Gasteiger partial charge in [0.05, 0.1) is 25.6 Å². The molecule has 1 saturated heterocycles. The number of nitrogens with zero attached hydrogens (tertiary/aromatic N) is 1. The van der Waals surface area contributed by atoms with Gasteiger partial charge in [0.25, 0.3) is 0 Å². The zero-order valence-corrected chi connectivity index (χ0v) is 21.6. The third kappa shape index (κ3) is 5.62. The molecule has 2 aromatic carbocycles. The largest absolute Gasteiger partial charge is 0.486 e. The maximum absolute atomic E-state index is 15.1. The van der Waals surface area contributed by atoms with Crippen molar-refractivity contribution in [3.05, 3.63) is 76.2 Å². The SMILES string of the molecule is CC#CC(CC(=O)O)c1ccc(O[C@@H]2CCc3c(-c4cnc(O[C@@H]5CCOC5)c(Cl)c4)ccc(F)c32)cc1. The molecule has 3 atom stereocenters. The van der Waals surface area contributed by atoms with Crippen molar-refractivity contribution in [2.45, 2.75) is 50.7 Å². The molecule has 0 saturated carbocycles. The normalized spacial score (nSPS) is 18.8. The molecule has 1 unspecified atom stereocenters. The number of aliphatic carboxylic acids is 1. The standard InChI is InChI=1S/C30H27ClFNO5/c1-2-3-19(15-28(34)35)18-4-6-21(7-5-18)37-27-11-9-24-23(8-10-26(32)29(24)27)20-14-25(31)30(33-16-20)38-22-12-13-36-17-22/h4-8,10,14,16,19,22,27H,9,11-13,15,17H2,1H3,(H,34,35)/t19?,22-,27-/m1/s1. The second kappa shape index (κ2) is 11.4. The van der Waals surface area contributed by atoms with Crippen LogP contribution in [0.15, 0.2) is 48.7 Å². The third-order valence-electron chi connectivity index (χ3n) is 6.83. The van der Waals surface area contributed by atoms with Crippen molar-refractivity contribution >= 4 is 17.6 Å². The molecule has 0 spiro atoms. The number of hydrogen-bond donors (Lipinski definition) is 1. The van der Waals surface area contributed by atoms with Crippen molar-refractivity contribution in [3.63, 3.8) is 0 Å². The van der Waals surface area contributed by atoms with Crippen LogP contribution in [-0.2, 0) is 16.0 Å². The Labute approximate surface area is 225 Å². The predicted molar refractivity (Wildman–Crippen MR) is 141 cm³/mol. The lowest BCUT2D eigenvalue weighted by atomic mass is 9.96. The molecule has 6 nitrogen and oxygen atoms in total. The Kier molecular flexibility index (Phi) is 7.82. The van der Waals surface area contributed by atoms with Gasteiger partial charge >= 0.3 is 5.97 Å². The van der Waals surface area contributed by atoms with Gasteiger partial charge in [0.2, 0.25) is 5.88 Å². The first-order chi connectivity index (χ1) is 18.4. The Morgan fingerprint density at radius 2 is 2.05 bits per heavy atom. The minimum atomic E-state index is -0.908. The van der Waals surface area contributed by atoms with E-state index in [-0.39, 0.29) is 18.3 Å². The van der Waals surface area contributed by atoms with Crippen LogP contribution in [0.2, 0.25) is 5.02 Å². The van der Waals surface area contributed by atoms with Crippen LogP contribution in [0, 0.1) is 17.7 Å². The highest BCUT2D eigenvalue weighted by Crippen LogP contribution is 2.42. The van der Waals surface area contributed by atoms with Crippen LogP contribution >= 0.6 is 11.6 Å². The van der Waals surface area contributed by atoms with Crippen molar-refractivity contribution in [3.8, 4) is 34.6 Å². The number of carboxylic acid groups (broad SMARTS) is 1. The van der Waals surface area contributed by atoms with E-state index in [1.807, 2.05) is 12.1 Å². The second-order valence-electron chi connectivity index (χ2n) is 9.36. The van der Waals surface area contributed by atoms with Crippen molar-refractivity contribution < 1.29 is 28.5 Å². The molecule has 1 fully saturated rings. The highest BCUT2D eigenvalue weighted by atomic mass is 35.5. The molecule has 3 aromatic rings. The highest BCUT2D eigenvalue weighted by molar-refractivity contribution is 6.32. The topological polar surface area (TPSA) is 77.9 Å². The molecule has 2 aliphatic rings. The molecule has 0 bridgehead atoms. The van der Waals surface area contributed by atoms with E-state index in [0.717, 1.165) is 28.7 Å². The van der Waals surface area contributed by atoms with Crippen LogP contribution in [0.1, 0.15) is 54.9 Å². The molecule has 2 heterocycles. The molecule has 1 aliphatic carbocycles. The fraction of sp³-hybridized carbons (Fsp3) is 0.333. The summed E-state index contributed by atoms with van der Waals surface area (Å²) in [4.78, 5) is 15.6. The van der Waals surface area contributed by atoms with Crippen LogP contribution in [0.5, 0.6) is 11.6 Å². The molecular weight excluding hydrogens is 509 g/mol. The summed E-state index contributed by atoms with van der Waals surface area (Å²) >= 11 is 6.49. The summed E-state index contributed by atoms with van der Waals surface area (Å²) < 4.78 is 32.5. The zero-order chi connectivity index (χ0) is 26.6. The molecular formula is C30H27ClFNO5. The van der Waals surface area contributed by atoms with Gasteiger partial charge in [0, 0.05) is 23.7 Å². The Bertz CT molecular complexity index is 1390. The van der Waals surface area contributed by atoms with Gasteiger partial charge in [0.1, 0.15) is 28.8 Å². The average Bonchev–Trinajstić information content (AvgIpc) is 3.56. The van der Waals surface area contributed by atoms with Gasteiger partial charge in [-0.3, -0.25) is 4.79 Å². The molecule has 5 rings (SSSR count). The van der Waals surface area contributed by atoms with Crippen LogP contribution < -0.4 is 9.47 Å². The third-order valence-corrected chi connectivity index (χ3v) is 7.10. The number of fused-ring (bicyclic) bond motifs is 1. The van der Waals surface area contributed by atoms with Gasteiger partial charge in [-0.05, 0) is 60.7 Å². The Morgan fingerprint density at radius 3 is 2.74 bits per heavy atom. The number of halogens is 2. The quantitative estimate of drug-likeness (QED) is 0.338. The Morgan fingerprint density at radius 1 is 1.24 bits per heavy atom. The molecule has 1 aliphatic heterocycles. The number of pyridine rings is 1. The average molecular weight is 536 g/mol. The van der Waals surface area contributed by atoms with Crippen molar-refractivity contribution in [1.82, 2.24) is 4.98 Å². The molecule has 196 valence electrons. The Balaban J connectivity index is 1.35. The maximum Gasteiger partial charge on any atom is 0.304 e. The lowest BCUT2D eigenvalue weighted by Crippen LogP contribution is -2.16. The minimum Gasteiger partial charge on any atom is -0.486 e. The molecule has 1 aromatic heterocycles. The number of carboxylic acids is 1. The lowest BCUT2D eigenvalue weighted by molar-refractivity contribution is -0.137. The van der Waals surface area contributed by atoms with E-state index in [0.29, 0.717) is 48.3 Å². The maximum atomic E-state index is 15.1. The summed E-state index contributed by atoms with van der Waals surface area (Å²) in [5, 5.41) is 9.57. The number of aromatic nitrogens is 1. The number of ether oxygens (including phenoxy) is 3. The van der Waals surface area contributed by atoms with Gasteiger partial charge < -0.3 is 19.3 Å². The number of carbonyl (C=O) groups is 1. The molecule has 38 heavy (non-hydrogen) atoms. The van der Waals surface area contributed by atoms with E-state index < -0.39 is 18.0 Å². The van der Waals surface area contributed by atoms with Crippen LogP contribution in [0.3, 0.4) is 0 Å². The molecule has 1 N–H and O–H groups in total. The summed E-state index contributed by atoms with van der Waals surface area (Å²) in [6, 6.07) is 12.2. The van der Waals surface area contributed by atoms with Crippen molar-refractivity contribution in [2.24, 2.45) is 0 Å². The van der Waals surface area contributed by atoms with Gasteiger partial charge in [-0.25, -0.2) is 9.37 Å². The van der Waals surface area contributed by atoms with Gasteiger partial charge in [-0.1, -0.05) is 35.7 Å². The van der Waals surface area contributed by atoms with Crippen molar-refractivity contribution in [2.75, 3.05) is 13.2 Å². The van der Waals surface area contributed by atoms with Crippen LogP contribution in [0.25, 0.3) is 11.1 Å². The zero-order valence-electron chi connectivity index (χ0n) is 20.9. The first-order valence-corrected chi connectivity index (χ1v) is 12.9. The summed E-state index contributed by atoms with van der Waals surface area (Å²) in [7, 11) is 0. The molecule has 8 heteroatoms. The summed E-state index contributed by atoms with van der Waals surface area (Å²) in [6.07, 6.45) is 3.18. The summed E-state index contributed by atoms with van der Waals surface area (Å²) in [5.74, 6) is 5.05. The molecule has 0 amide bonds. The first-order valence-electron chi connectivity index (χ1n) is 12.5. The monoisotopic (exact) mass is 535 g/mol. The van der Waals surface area contributed by atoms with E-state index >= 15 is 4.39 Å². The van der Waals surface area contributed by atoms with Crippen LogP contribution in [-0.4, -0.2) is 35.4 Å². The van der Waals surface area contributed by atoms with Gasteiger partial charge in [-0.15, -0.1) is 5.92 Å². The van der Waals surface area contributed by atoms with Crippen LogP contribution in [0.4, 0.5) is 4.39 Å². The first kappa shape index (κ1) is 26.0. The highest BCUT2D eigenvalue weighted by Gasteiger charge is 2.30. The van der Waals surface area contributed by atoms with E-state index in [2.05, 4.69) is 16.8 Å². The number of rotatable bonds is 8. The van der Waals surface area contributed by atoms with Gasteiger partial charge in [0.15, 0.2) is 0 Å².